The van der Waals surface area contributed by atoms with Crippen LogP contribution in [0.3, 0.4) is 0 Å². The van der Waals surface area contributed by atoms with Crippen LogP contribution in [0, 0.1) is 0 Å². The van der Waals surface area contributed by atoms with Crippen molar-refractivity contribution in [3.8, 4) is 0 Å². The summed E-state index contributed by atoms with van der Waals surface area (Å²) in [5, 5.41) is 0. The van der Waals surface area contributed by atoms with E-state index in [1.807, 2.05) is 36.0 Å². The first-order valence-corrected chi connectivity index (χ1v) is 8.72. The number of thioether (sulfide) groups is 1. The molecule has 1 aromatic carbocycles. The van der Waals surface area contributed by atoms with E-state index in [0.717, 1.165) is 29.5 Å². The number of carbonyl (C=O) groups is 1. The van der Waals surface area contributed by atoms with Crippen molar-refractivity contribution >= 4 is 33.5 Å². The molecule has 1 aliphatic heterocycles. The summed E-state index contributed by atoms with van der Waals surface area (Å²) in [7, 11) is 0. The van der Waals surface area contributed by atoms with Gasteiger partial charge in [-0.25, -0.2) is 0 Å². The Labute approximate surface area is 128 Å². The number of halogens is 1. The van der Waals surface area contributed by atoms with E-state index in [9.17, 15) is 4.79 Å². The minimum Gasteiger partial charge on any atom is -0.299 e. The topological polar surface area (TPSA) is 20.3 Å². The zero-order valence-electron chi connectivity index (χ0n) is 11.3. The lowest BCUT2D eigenvalue weighted by Gasteiger charge is -2.32. The van der Waals surface area contributed by atoms with Crippen LogP contribution in [0.25, 0.3) is 0 Å². The second-order valence-electron chi connectivity index (χ2n) is 4.99. The SMILES string of the molecule is CC1CSCCN1CCCC(=O)c1ccc(Br)cc1. The summed E-state index contributed by atoms with van der Waals surface area (Å²) in [5.74, 6) is 2.71. The van der Waals surface area contributed by atoms with Crippen molar-refractivity contribution in [3.63, 3.8) is 0 Å². The Kier molecular flexibility index (Phi) is 5.92. The van der Waals surface area contributed by atoms with Crippen molar-refractivity contribution in [2.45, 2.75) is 25.8 Å². The molecule has 0 aliphatic carbocycles. The van der Waals surface area contributed by atoms with Crippen LogP contribution in [0.2, 0.25) is 0 Å². The van der Waals surface area contributed by atoms with Crippen LogP contribution in [0.4, 0.5) is 0 Å². The quantitative estimate of drug-likeness (QED) is 0.758. The summed E-state index contributed by atoms with van der Waals surface area (Å²) in [6.45, 7) is 4.49. The van der Waals surface area contributed by atoms with Gasteiger partial charge in [0.05, 0.1) is 0 Å². The Balaban J connectivity index is 1.76. The third kappa shape index (κ3) is 4.62. The summed E-state index contributed by atoms with van der Waals surface area (Å²) in [5.41, 5.74) is 0.824. The summed E-state index contributed by atoms with van der Waals surface area (Å²) >= 11 is 5.42. The normalized spacial score (nSPS) is 20.4. The third-order valence-electron chi connectivity index (χ3n) is 3.52. The number of carbonyl (C=O) groups excluding carboxylic acids is 1. The Hall–Kier alpha value is -0.320. The van der Waals surface area contributed by atoms with Crippen molar-refractivity contribution in [2.75, 3.05) is 24.6 Å². The van der Waals surface area contributed by atoms with Gasteiger partial charge in [0.25, 0.3) is 0 Å². The van der Waals surface area contributed by atoms with Crippen LogP contribution in [-0.2, 0) is 0 Å². The first-order chi connectivity index (χ1) is 9.16. The van der Waals surface area contributed by atoms with Crippen molar-refractivity contribution in [1.82, 2.24) is 4.90 Å². The van der Waals surface area contributed by atoms with Crippen LogP contribution >= 0.6 is 27.7 Å². The van der Waals surface area contributed by atoms with Crippen molar-refractivity contribution in [3.05, 3.63) is 34.3 Å². The van der Waals surface area contributed by atoms with Crippen molar-refractivity contribution in [2.24, 2.45) is 0 Å². The molecule has 104 valence electrons. The molecule has 1 atom stereocenters. The molecule has 0 amide bonds. The second-order valence-corrected chi connectivity index (χ2v) is 7.06. The lowest BCUT2D eigenvalue weighted by molar-refractivity contribution is 0.0972. The maximum Gasteiger partial charge on any atom is 0.162 e. The highest BCUT2D eigenvalue weighted by atomic mass is 79.9. The fraction of sp³-hybridized carbons (Fsp3) is 0.533. The highest BCUT2D eigenvalue weighted by Crippen LogP contribution is 2.17. The van der Waals surface area contributed by atoms with E-state index < -0.39 is 0 Å². The molecule has 0 aromatic heterocycles. The first-order valence-electron chi connectivity index (χ1n) is 6.77. The third-order valence-corrected chi connectivity index (χ3v) is 5.24. The van der Waals surface area contributed by atoms with Crippen LogP contribution in [0.15, 0.2) is 28.7 Å². The van der Waals surface area contributed by atoms with Gasteiger partial charge in [0.15, 0.2) is 5.78 Å². The molecular weight excluding hydrogens is 322 g/mol. The van der Waals surface area contributed by atoms with E-state index in [1.54, 1.807) is 0 Å². The van der Waals surface area contributed by atoms with Gasteiger partial charge in [-0.05, 0) is 32.0 Å². The number of ketones is 1. The summed E-state index contributed by atoms with van der Waals surface area (Å²) < 4.78 is 1.02. The Morgan fingerprint density at radius 1 is 1.42 bits per heavy atom. The van der Waals surface area contributed by atoms with E-state index in [2.05, 4.69) is 27.8 Å². The van der Waals surface area contributed by atoms with E-state index in [0.29, 0.717) is 12.5 Å². The van der Waals surface area contributed by atoms with Gasteiger partial charge in [0, 0.05) is 40.5 Å². The molecule has 0 bridgehead atoms. The maximum atomic E-state index is 12.0. The number of rotatable bonds is 5. The molecule has 4 heteroatoms. The average molecular weight is 342 g/mol. The molecule has 1 heterocycles. The van der Waals surface area contributed by atoms with Gasteiger partial charge < -0.3 is 0 Å². The molecule has 2 nitrogen and oxygen atoms in total. The van der Waals surface area contributed by atoms with Crippen molar-refractivity contribution in [1.29, 1.82) is 0 Å². The largest absolute Gasteiger partial charge is 0.299 e. The average Bonchev–Trinajstić information content (AvgIpc) is 2.41. The smallest absolute Gasteiger partial charge is 0.162 e. The van der Waals surface area contributed by atoms with Crippen molar-refractivity contribution < 1.29 is 4.79 Å². The zero-order chi connectivity index (χ0) is 13.7. The van der Waals surface area contributed by atoms with Crippen LogP contribution in [0.5, 0.6) is 0 Å². The van der Waals surface area contributed by atoms with Crippen LogP contribution < -0.4 is 0 Å². The zero-order valence-corrected chi connectivity index (χ0v) is 13.7. The monoisotopic (exact) mass is 341 g/mol. The van der Waals surface area contributed by atoms with Crippen LogP contribution in [-0.4, -0.2) is 41.3 Å². The molecule has 1 saturated heterocycles. The molecule has 2 rings (SSSR count). The number of nitrogens with zero attached hydrogens (tertiary/aromatic N) is 1. The highest BCUT2D eigenvalue weighted by Gasteiger charge is 2.18. The second kappa shape index (κ2) is 7.46. The summed E-state index contributed by atoms with van der Waals surface area (Å²) in [4.78, 5) is 14.5. The molecule has 0 N–H and O–H groups in total. The fourth-order valence-electron chi connectivity index (χ4n) is 2.32. The Morgan fingerprint density at radius 3 is 2.84 bits per heavy atom. The van der Waals surface area contributed by atoms with Crippen LogP contribution in [0.1, 0.15) is 30.1 Å². The van der Waals surface area contributed by atoms with Gasteiger partial charge in [0.2, 0.25) is 0 Å². The number of hydrogen-bond donors (Lipinski definition) is 0. The van der Waals surface area contributed by atoms with E-state index >= 15 is 0 Å². The van der Waals surface area contributed by atoms with Gasteiger partial charge in [-0.15, -0.1) is 0 Å². The van der Waals surface area contributed by atoms with Gasteiger partial charge in [-0.2, -0.15) is 11.8 Å². The maximum absolute atomic E-state index is 12.0. The molecule has 0 spiro atoms. The van der Waals surface area contributed by atoms with Gasteiger partial charge in [0.1, 0.15) is 0 Å². The Bertz CT molecular complexity index is 421. The minimum atomic E-state index is 0.256. The Morgan fingerprint density at radius 2 is 2.16 bits per heavy atom. The highest BCUT2D eigenvalue weighted by molar-refractivity contribution is 9.10. The van der Waals surface area contributed by atoms with Gasteiger partial charge in [-0.3, -0.25) is 9.69 Å². The predicted octanol–water partition coefficient (Wildman–Crippen LogP) is 3.85. The molecular formula is C15H20BrNOS. The van der Waals surface area contributed by atoms with Gasteiger partial charge >= 0.3 is 0 Å². The molecule has 1 fully saturated rings. The number of benzene rings is 1. The fourth-order valence-corrected chi connectivity index (χ4v) is 3.66. The predicted molar refractivity (Wildman–Crippen MR) is 86.1 cm³/mol. The molecule has 1 aromatic rings. The molecule has 1 aliphatic rings. The molecule has 19 heavy (non-hydrogen) atoms. The molecule has 0 saturated carbocycles. The number of Topliss-reactive ketones (excluding diaryl/α,β-unsaturated/α-hetero) is 1. The van der Waals surface area contributed by atoms with E-state index in [4.69, 9.17) is 0 Å². The van der Waals surface area contributed by atoms with E-state index in [1.165, 1.54) is 11.5 Å². The van der Waals surface area contributed by atoms with E-state index in [-0.39, 0.29) is 5.78 Å². The van der Waals surface area contributed by atoms with Gasteiger partial charge in [-0.1, -0.05) is 28.1 Å². The molecule has 1 unspecified atom stereocenters. The summed E-state index contributed by atoms with van der Waals surface area (Å²) in [6.07, 6.45) is 1.61. The summed E-state index contributed by atoms with van der Waals surface area (Å²) in [6, 6.07) is 8.30. The first kappa shape index (κ1) is 15.1. The molecule has 0 radical (unpaired) electrons. The standard InChI is InChI=1S/C15H20BrNOS/c1-12-11-19-10-9-17(12)8-2-3-15(18)13-4-6-14(16)7-5-13/h4-7,12H,2-3,8-11H2,1H3. The number of hydrogen-bond acceptors (Lipinski definition) is 3. The lowest BCUT2D eigenvalue weighted by Crippen LogP contribution is -2.40. The lowest BCUT2D eigenvalue weighted by atomic mass is 10.1. The minimum absolute atomic E-state index is 0.256.